The lowest BCUT2D eigenvalue weighted by molar-refractivity contribution is -0.281. The molecule has 13 heteroatoms. The predicted molar refractivity (Wildman–Crippen MR) is 74.1 cm³/mol. The van der Waals surface area contributed by atoms with Gasteiger partial charge in [0.1, 0.15) is 12.2 Å². The van der Waals surface area contributed by atoms with Gasteiger partial charge in [0.05, 0.1) is 12.7 Å². The highest BCUT2D eigenvalue weighted by molar-refractivity contribution is 7.81. The summed E-state index contributed by atoms with van der Waals surface area (Å²) < 4.78 is 86.1. The number of rotatable bonds is 8. The van der Waals surface area contributed by atoms with Gasteiger partial charge in [-0.25, -0.2) is 8.37 Å². The van der Waals surface area contributed by atoms with Gasteiger partial charge in [-0.1, -0.05) is 6.08 Å². The van der Waals surface area contributed by atoms with Gasteiger partial charge in [0, 0.05) is 7.11 Å². The first-order valence-corrected chi connectivity index (χ1v) is 8.93. The molecule has 1 fully saturated rings. The second-order valence-electron chi connectivity index (χ2n) is 4.51. The average Bonchev–Trinajstić information content (AvgIpc) is 2.38. The fraction of sp³-hybridized carbons (Fsp3) is 0.800. The van der Waals surface area contributed by atoms with E-state index in [2.05, 4.69) is 14.9 Å². The van der Waals surface area contributed by atoms with E-state index >= 15 is 0 Å². The molecule has 0 aromatic rings. The van der Waals surface area contributed by atoms with Crippen molar-refractivity contribution in [2.75, 3.05) is 13.7 Å². The van der Waals surface area contributed by atoms with Crippen molar-refractivity contribution < 1.29 is 48.5 Å². The lowest BCUT2D eigenvalue weighted by atomic mass is 10.00. The first kappa shape index (κ1) is 20.4. The van der Waals surface area contributed by atoms with Crippen LogP contribution in [0, 0.1) is 0 Å². The van der Waals surface area contributed by atoms with Gasteiger partial charge in [-0.15, -0.1) is 6.58 Å². The Kier molecular flexibility index (Phi) is 7.06. The maximum Gasteiger partial charge on any atom is 0.397 e. The highest BCUT2D eigenvalue weighted by atomic mass is 32.3. The average molecular weight is 378 g/mol. The highest BCUT2D eigenvalue weighted by Gasteiger charge is 2.50. The molecule has 1 rings (SSSR count). The Morgan fingerprint density at radius 1 is 1.09 bits per heavy atom. The summed E-state index contributed by atoms with van der Waals surface area (Å²) in [6.45, 7) is 4.83. The Morgan fingerprint density at radius 2 is 1.61 bits per heavy atom. The first-order valence-electron chi connectivity index (χ1n) is 6.20. The van der Waals surface area contributed by atoms with E-state index in [9.17, 15) is 16.8 Å². The van der Waals surface area contributed by atoms with E-state index in [1.165, 1.54) is 13.0 Å². The summed E-state index contributed by atoms with van der Waals surface area (Å²) >= 11 is 0. The molecule has 0 aliphatic carbocycles. The van der Waals surface area contributed by atoms with Gasteiger partial charge in [-0.3, -0.25) is 9.11 Å². The Hall–Kier alpha value is -0.640. The van der Waals surface area contributed by atoms with Crippen molar-refractivity contribution in [1.82, 2.24) is 0 Å². The molecule has 0 amide bonds. The smallest absolute Gasteiger partial charge is 0.369 e. The first-order chi connectivity index (χ1) is 10.5. The lowest BCUT2D eigenvalue weighted by Gasteiger charge is -2.42. The maximum atomic E-state index is 11.0. The van der Waals surface area contributed by atoms with Crippen LogP contribution in [-0.2, 0) is 43.4 Å². The number of hydrogen-bond acceptors (Lipinski definition) is 9. The summed E-state index contributed by atoms with van der Waals surface area (Å²) in [6, 6.07) is 0. The van der Waals surface area contributed by atoms with Crippen LogP contribution >= 0.6 is 0 Å². The van der Waals surface area contributed by atoms with Gasteiger partial charge in [0.2, 0.25) is 0 Å². The quantitative estimate of drug-likeness (QED) is 0.408. The van der Waals surface area contributed by atoms with Crippen LogP contribution in [0.4, 0.5) is 0 Å². The van der Waals surface area contributed by atoms with Gasteiger partial charge in [0.25, 0.3) is 0 Å². The Labute approximate surface area is 134 Å². The summed E-state index contributed by atoms with van der Waals surface area (Å²) in [5, 5.41) is 0. The second-order valence-corrected chi connectivity index (χ2v) is 6.60. The van der Waals surface area contributed by atoms with Crippen molar-refractivity contribution in [1.29, 1.82) is 0 Å². The minimum Gasteiger partial charge on any atom is -0.369 e. The van der Waals surface area contributed by atoms with E-state index in [0.29, 0.717) is 0 Å². The number of hydrogen-bond donors (Lipinski definition) is 2. The van der Waals surface area contributed by atoms with Crippen LogP contribution < -0.4 is 0 Å². The van der Waals surface area contributed by atoms with Crippen LogP contribution in [0.5, 0.6) is 0 Å². The molecule has 0 bridgehead atoms. The highest BCUT2D eigenvalue weighted by Crippen LogP contribution is 2.30. The Balaban J connectivity index is 3.21. The second kappa shape index (κ2) is 7.96. The summed E-state index contributed by atoms with van der Waals surface area (Å²) in [6.07, 6.45) is -5.51. The van der Waals surface area contributed by atoms with Crippen LogP contribution in [0.1, 0.15) is 6.92 Å². The van der Waals surface area contributed by atoms with Crippen molar-refractivity contribution in [2.45, 2.75) is 37.6 Å². The molecule has 0 saturated carbocycles. The predicted octanol–water partition coefficient (Wildman–Crippen LogP) is -0.675. The van der Waals surface area contributed by atoms with Crippen molar-refractivity contribution in [3.63, 3.8) is 0 Å². The molecular formula is C10H18O11S2. The van der Waals surface area contributed by atoms with Gasteiger partial charge < -0.3 is 14.2 Å². The van der Waals surface area contributed by atoms with Gasteiger partial charge in [0.15, 0.2) is 12.4 Å². The van der Waals surface area contributed by atoms with Crippen LogP contribution in [0.3, 0.4) is 0 Å². The molecule has 0 unspecified atom stereocenters. The molecule has 11 nitrogen and oxygen atoms in total. The van der Waals surface area contributed by atoms with E-state index in [0.717, 1.165) is 7.11 Å². The number of ether oxygens (including phenoxy) is 3. The normalized spacial score (nSPS) is 32.6. The minimum atomic E-state index is -5.01. The van der Waals surface area contributed by atoms with E-state index in [-0.39, 0.29) is 6.61 Å². The topological polar surface area (TPSA) is 155 Å². The molecule has 1 aliphatic heterocycles. The zero-order valence-electron chi connectivity index (χ0n) is 12.3. The summed E-state index contributed by atoms with van der Waals surface area (Å²) in [5.41, 5.74) is 0. The maximum absolute atomic E-state index is 11.0. The van der Waals surface area contributed by atoms with E-state index in [1.807, 2.05) is 0 Å². The third-order valence-corrected chi connectivity index (χ3v) is 3.76. The van der Waals surface area contributed by atoms with Crippen molar-refractivity contribution >= 4 is 20.8 Å². The molecule has 23 heavy (non-hydrogen) atoms. The zero-order valence-corrected chi connectivity index (χ0v) is 13.9. The molecule has 1 aliphatic rings. The molecule has 1 saturated heterocycles. The van der Waals surface area contributed by atoms with Crippen LogP contribution in [-0.4, -0.2) is 70.4 Å². The van der Waals surface area contributed by atoms with Gasteiger partial charge in [-0.05, 0) is 6.92 Å². The molecule has 2 N–H and O–H groups in total. The molecule has 0 radical (unpaired) electrons. The fourth-order valence-electron chi connectivity index (χ4n) is 2.06. The van der Waals surface area contributed by atoms with Crippen LogP contribution in [0.15, 0.2) is 12.7 Å². The number of methoxy groups -OCH3 is 1. The van der Waals surface area contributed by atoms with Crippen molar-refractivity contribution in [2.24, 2.45) is 0 Å². The fourth-order valence-corrected chi connectivity index (χ4v) is 3.05. The SMILES string of the molecule is C=CCO[C@H]1[C@@H](OS(=O)(=O)O)[C@@H](OS(=O)(=O)O)[C@H](OC)O[C@H]1C. The zero-order chi connectivity index (χ0) is 17.8. The molecule has 0 aromatic carbocycles. The third-order valence-electron chi connectivity index (χ3n) is 2.83. The minimum absolute atomic E-state index is 0.0556. The molecule has 1 heterocycles. The van der Waals surface area contributed by atoms with E-state index in [1.54, 1.807) is 0 Å². The van der Waals surface area contributed by atoms with Crippen molar-refractivity contribution in [3.8, 4) is 0 Å². The largest absolute Gasteiger partial charge is 0.397 e. The van der Waals surface area contributed by atoms with E-state index in [4.69, 9.17) is 23.3 Å². The molecule has 136 valence electrons. The summed E-state index contributed by atoms with van der Waals surface area (Å²) in [7, 11) is -8.88. The summed E-state index contributed by atoms with van der Waals surface area (Å²) in [5.74, 6) is 0. The monoisotopic (exact) mass is 378 g/mol. The standard InChI is InChI=1S/C10H18O11S2/c1-4-5-18-7-6(2)19-10(17-3)9(21-23(14,15)16)8(7)20-22(11,12)13/h4,6-10H,1,5H2,2-3H3,(H,11,12,13)(H,14,15,16)/t6-,7+,8+,9+,10+/m0/s1. The van der Waals surface area contributed by atoms with Gasteiger partial charge >= 0.3 is 20.8 Å². The molecule has 0 aromatic heterocycles. The van der Waals surface area contributed by atoms with Gasteiger partial charge in [-0.2, -0.15) is 16.8 Å². The lowest BCUT2D eigenvalue weighted by Crippen LogP contribution is -2.60. The molecule has 5 atom stereocenters. The van der Waals surface area contributed by atoms with Crippen LogP contribution in [0.2, 0.25) is 0 Å². The Bertz CT molecular complexity index is 598. The molecular weight excluding hydrogens is 360 g/mol. The van der Waals surface area contributed by atoms with Crippen LogP contribution in [0.25, 0.3) is 0 Å². The Morgan fingerprint density at radius 3 is 2.04 bits per heavy atom. The van der Waals surface area contributed by atoms with Crippen molar-refractivity contribution in [3.05, 3.63) is 12.7 Å². The van der Waals surface area contributed by atoms with E-state index < -0.39 is 51.5 Å². The molecule has 0 spiro atoms. The summed E-state index contributed by atoms with van der Waals surface area (Å²) in [4.78, 5) is 0. The third kappa shape index (κ3) is 6.40.